The molecule has 0 bridgehead atoms. The summed E-state index contributed by atoms with van der Waals surface area (Å²) >= 11 is 6.24. The van der Waals surface area contributed by atoms with Crippen molar-refractivity contribution in [1.29, 1.82) is 0 Å². The number of hydrogen-bond acceptors (Lipinski definition) is 4. The Morgan fingerprint density at radius 2 is 2.26 bits per heavy atom. The second-order valence-electron chi connectivity index (χ2n) is 4.95. The number of aromatic nitrogens is 2. The number of rotatable bonds is 5. The van der Waals surface area contributed by atoms with Gasteiger partial charge in [-0.05, 0) is 19.3 Å². The molecule has 1 aliphatic heterocycles. The quantitative estimate of drug-likeness (QED) is 0.890. The Labute approximate surface area is 119 Å². The standard InChI is InChI=1S/C12H20ClN3O2S/c1-3-10-12(13)11(16(2)15-10)8-14-7-9-5-4-6-19(9,17)18/h9,14H,3-8H2,1-2H3. The lowest BCUT2D eigenvalue weighted by Gasteiger charge is -2.11. The third kappa shape index (κ3) is 3.12. The van der Waals surface area contributed by atoms with Gasteiger partial charge in [0.1, 0.15) is 0 Å². The molecule has 0 spiro atoms. The first-order chi connectivity index (χ1) is 8.95. The minimum atomic E-state index is -2.88. The number of halogens is 1. The molecule has 2 heterocycles. The average molecular weight is 306 g/mol. The SMILES string of the molecule is CCc1nn(C)c(CNCC2CCCS2(=O)=O)c1Cl. The lowest BCUT2D eigenvalue weighted by Crippen LogP contribution is -2.30. The van der Waals surface area contributed by atoms with E-state index in [1.54, 1.807) is 4.68 Å². The Kier molecular flexibility index (Phi) is 4.53. The number of hydrogen-bond donors (Lipinski definition) is 1. The van der Waals surface area contributed by atoms with Gasteiger partial charge >= 0.3 is 0 Å². The van der Waals surface area contributed by atoms with Crippen molar-refractivity contribution >= 4 is 21.4 Å². The van der Waals surface area contributed by atoms with Gasteiger partial charge in [-0.2, -0.15) is 5.10 Å². The molecule has 1 saturated heterocycles. The topological polar surface area (TPSA) is 64.0 Å². The third-order valence-corrected chi connectivity index (χ3v) is 6.34. The first-order valence-electron chi connectivity index (χ1n) is 6.58. The van der Waals surface area contributed by atoms with Gasteiger partial charge < -0.3 is 5.32 Å². The summed E-state index contributed by atoms with van der Waals surface area (Å²) < 4.78 is 25.2. The molecule has 1 aliphatic rings. The average Bonchev–Trinajstić information content (AvgIpc) is 2.82. The minimum Gasteiger partial charge on any atom is -0.310 e. The van der Waals surface area contributed by atoms with Crippen molar-refractivity contribution in [3.05, 3.63) is 16.4 Å². The number of nitrogens with zero attached hydrogens (tertiary/aromatic N) is 2. The smallest absolute Gasteiger partial charge is 0.154 e. The molecule has 0 aliphatic carbocycles. The van der Waals surface area contributed by atoms with Crippen LogP contribution in [0.4, 0.5) is 0 Å². The van der Waals surface area contributed by atoms with E-state index in [1.807, 2.05) is 14.0 Å². The van der Waals surface area contributed by atoms with Crippen molar-refractivity contribution < 1.29 is 8.42 Å². The summed E-state index contributed by atoms with van der Waals surface area (Å²) in [4.78, 5) is 0. The highest BCUT2D eigenvalue weighted by atomic mass is 35.5. The van der Waals surface area contributed by atoms with Gasteiger partial charge in [-0.3, -0.25) is 4.68 Å². The fraction of sp³-hybridized carbons (Fsp3) is 0.750. The van der Waals surface area contributed by atoms with Gasteiger partial charge in [-0.1, -0.05) is 18.5 Å². The Hall–Kier alpha value is -0.590. The number of aryl methyl sites for hydroxylation is 2. The molecule has 1 N–H and O–H groups in total. The summed E-state index contributed by atoms with van der Waals surface area (Å²) in [5.41, 5.74) is 1.79. The molecule has 2 rings (SSSR count). The lowest BCUT2D eigenvalue weighted by molar-refractivity contribution is 0.566. The second-order valence-corrected chi connectivity index (χ2v) is 7.73. The summed E-state index contributed by atoms with van der Waals surface area (Å²) in [5, 5.41) is 7.97. The Morgan fingerprint density at radius 1 is 1.53 bits per heavy atom. The Bertz CT molecular complexity index is 554. The van der Waals surface area contributed by atoms with E-state index in [1.165, 1.54) is 0 Å². The summed E-state index contributed by atoms with van der Waals surface area (Å²) in [6.07, 6.45) is 2.33. The number of nitrogens with one attached hydrogen (secondary N) is 1. The molecule has 0 amide bonds. The molecule has 108 valence electrons. The van der Waals surface area contributed by atoms with Crippen LogP contribution in [0.15, 0.2) is 0 Å². The maximum absolute atomic E-state index is 11.7. The minimum absolute atomic E-state index is 0.245. The van der Waals surface area contributed by atoms with Crippen molar-refractivity contribution in [2.75, 3.05) is 12.3 Å². The van der Waals surface area contributed by atoms with E-state index in [9.17, 15) is 8.42 Å². The molecule has 0 aromatic carbocycles. The van der Waals surface area contributed by atoms with E-state index >= 15 is 0 Å². The van der Waals surface area contributed by atoms with E-state index in [-0.39, 0.29) is 5.25 Å². The highest BCUT2D eigenvalue weighted by Crippen LogP contribution is 2.22. The van der Waals surface area contributed by atoms with E-state index < -0.39 is 9.84 Å². The molecule has 1 aromatic rings. The van der Waals surface area contributed by atoms with Crippen molar-refractivity contribution in [2.24, 2.45) is 7.05 Å². The largest absolute Gasteiger partial charge is 0.310 e. The van der Waals surface area contributed by atoms with Gasteiger partial charge in [-0.15, -0.1) is 0 Å². The summed E-state index contributed by atoms with van der Waals surface area (Å²) in [7, 11) is -1.02. The van der Waals surface area contributed by atoms with Gasteiger partial charge in [0.05, 0.1) is 27.4 Å². The number of sulfone groups is 1. The molecule has 1 unspecified atom stereocenters. The summed E-state index contributed by atoms with van der Waals surface area (Å²) in [6, 6.07) is 0. The van der Waals surface area contributed by atoms with Crippen LogP contribution in [0, 0.1) is 0 Å². The van der Waals surface area contributed by atoms with Crippen LogP contribution in [0.25, 0.3) is 0 Å². The summed E-state index contributed by atoms with van der Waals surface area (Å²) in [5.74, 6) is 0.325. The van der Waals surface area contributed by atoms with Crippen molar-refractivity contribution in [3.63, 3.8) is 0 Å². The zero-order valence-corrected chi connectivity index (χ0v) is 12.9. The van der Waals surface area contributed by atoms with E-state index in [0.717, 1.165) is 30.7 Å². The first kappa shape index (κ1) is 14.8. The first-order valence-corrected chi connectivity index (χ1v) is 8.67. The molecule has 0 radical (unpaired) electrons. The maximum Gasteiger partial charge on any atom is 0.154 e. The Balaban J connectivity index is 1.95. The molecule has 5 nitrogen and oxygen atoms in total. The van der Waals surface area contributed by atoms with E-state index in [0.29, 0.717) is 23.9 Å². The van der Waals surface area contributed by atoms with Crippen LogP contribution in [0.3, 0.4) is 0 Å². The van der Waals surface area contributed by atoms with Crippen LogP contribution < -0.4 is 5.32 Å². The fourth-order valence-corrected chi connectivity index (χ4v) is 4.61. The van der Waals surface area contributed by atoms with Crippen LogP contribution in [-0.2, 0) is 29.9 Å². The molecule has 1 atom stereocenters. The molecule has 1 fully saturated rings. The molecular weight excluding hydrogens is 286 g/mol. The van der Waals surface area contributed by atoms with Crippen LogP contribution in [0.5, 0.6) is 0 Å². The predicted octanol–water partition coefficient (Wildman–Crippen LogP) is 1.30. The molecule has 7 heteroatoms. The third-order valence-electron chi connectivity index (χ3n) is 3.63. The van der Waals surface area contributed by atoms with Gasteiger partial charge in [0.2, 0.25) is 0 Å². The Morgan fingerprint density at radius 3 is 2.79 bits per heavy atom. The lowest BCUT2D eigenvalue weighted by atomic mass is 10.2. The monoisotopic (exact) mass is 305 g/mol. The molecule has 19 heavy (non-hydrogen) atoms. The van der Waals surface area contributed by atoms with Crippen LogP contribution >= 0.6 is 11.6 Å². The maximum atomic E-state index is 11.7. The van der Waals surface area contributed by atoms with Crippen molar-refractivity contribution in [2.45, 2.75) is 38.0 Å². The highest BCUT2D eigenvalue weighted by molar-refractivity contribution is 7.92. The predicted molar refractivity (Wildman–Crippen MR) is 76.1 cm³/mol. The van der Waals surface area contributed by atoms with Crippen molar-refractivity contribution in [3.8, 4) is 0 Å². The highest BCUT2D eigenvalue weighted by Gasteiger charge is 2.30. The molecular formula is C12H20ClN3O2S. The zero-order valence-electron chi connectivity index (χ0n) is 11.3. The molecule has 1 aromatic heterocycles. The second kappa shape index (κ2) is 5.81. The van der Waals surface area contributed by atoms with Crippen LogP contribution in [0.1, 0.15) is 31.2 Å². The van der Waals surface area contributed by atoms with Crippen LogP contribution in [0.2, 0.25) is 5.02 Å². The van der Waals surface area contributed by atoms with Gasteiger partial charge in [0.25, 0.3) is 0 Å². The van der Waals surface area contributed by atoms with Gasteiger partial charge in [0, 0.05) is 20.1 Å². The van der Waals surface area contributed by atoms with E-state index in [4.69, 9.17) is 11.6 Å². The van der Waals surface area contributed by atoms with Crippen molar-refractivity contribution in [1.82, 2.24) is 15.1 Å². The van der Waals surface area contributed by atoms with Gasteiger partial charge in [-0.25, -0.2) is 8.42 Å². The zero-order chi connectivity index (χ0) is 14.0. The van der Waals surface area contributed by atoms with E-state index in [2.05, 4.69) is 10.4 Å². The summed E-state index contributed by atoms with van der Waals surface area (Å²) in [6.45, 7) is 3.05. The van der Waals surface area contributed by atoms with Gasteiger partial charge in [0.15, 0.2) is 9.84 Å². The normalized spacial score (nSPS) is 21.9. The fourth-order valence-electron chi connectivity index (χ4n) is 2.45. The molecule has 0 saturated carbocycles. The van der Waals surface area contributed by atoms with Crippen LogP contribution in [-0.4, -0.2) is 35.7 Å².